The third kappa shape index (κ3) is 3.43. The molecule has 0 radical (unpaired) electrons. The fraction of sp³-hybridized carbons (Fsp3) is 0.643. The lowest BCUT2D eigenvalue weighted by Crippen LogP contribution is -2.40. The molecule has 1 atom stereocenters. The molecule has 1 aromatic heterocycles. The van der Waals surface area contributed by atoms with Crippen molar-refractivity contribution < 1.29 is 19.4 Å². The lowest BCUT2D eigenvalue weighted by Gasteiger charge is -2.30. The number of aromatic nitrogens is 2. The molecule has 0 saturated heterocycles. The lowest BCUT2D eigenvalue weighted by molar-refractivity contribution is -0.140. The molecule has 0 aromatic carbocycles. The van der Waals surface area contributed by atoms with E-state index in [0.29, 0.717) is 24.1 Å². The van der Waals surface area contributed by atoms with E-state index in [4.69, 9.17) is 9.84 Å². The van der Waals surface area contributed by atoms with Crippen molar-refractivity contribution in [1.82, 2.24) is 14.7 Å². The number of ether oxygens (including phenoxy) is 1. The molecule has 1 amide bonds. The maximum Gasteiger partial charge on any atom is 0.410 e. The summed E-state index contributed by atoms with van der Waals surface area (Å²) in [6.45, 7) is 7.89. The maximum absolute atomic E-state index is 12.2. The van der Waals surface area contributed by atoms with Crippen LogP contribution in [0.4, 0.5) is 4.79 Å². The van der Waals surface area contributed by atoms with Gasteiger partial charge >= 0.3 is 12.1 Å². The van der Waals surface area contributed by atoms with Crippen LogP contribution in [0.2, 0.25) is 0 Å². The van der Waals surface area contributed by atoms with Crippen molar-refractivity contribution >= 4 is 28.0 Å². The van der Waals surface area contributed by atoms with Crippen LogP contribution in [0, 0.1) is 0 Å². The number of amides is 1. The van der Waals surface area contributed by atoms with Crippen molar-refractivity contribution in [3.05, 3.63) is 15.9 Å². The second-order valence-electron chi connectivity index (χ2n) is 6.33. The van der Waals surface area contributed by atoms with E-state index in [9.17, 15) is 9.59 Å². The van der Waals surface area contributed by atoms with E-state index in [-0.39, 0.29) is 6.09 Å². The summed E-state index contributed by atoms with van der Waals surface area (Å²) >= 11 is 3.35. The number of carbonyl (C=O) groups is 2. The molecule has 1 N–H and O–H groups in total. The molecule has 0 saturated carbocycles. The Balaban J connectivity index is 2.22. The van der Waals surface area contributed by atoms with Crippen LogP contribution in [0.5, 0.6) is 0 Å². The molecule has 1 aliphatic rings. The van der Waals surface area contributed by atoms with Gasteiger partial charge in [-0.1, -0.05) is 0 Å². The van der Waals surface area contributed by atoms with Gasteiger partial charge in [0, 0.05) is 24.2 Å². The minimum atomic E-state index is -0.938. The first-order valence-electron chi connectivity index (χ1n) is 7.06. The van der Waals surface area contributed by atoms with Crippen LogP contribution in [-0.4, -0.2) is 44.0 Å². The normalized spacial score (nSPS) is 16.1. The van der Waals surface area contributed by atoms with Crippen molar-refractivity contribution in [2.45, 2.75) is 52.3 Å². The summed E-state index contributed by atoms with van der Waals surface area (Å²) in [6.07, 6.45) is 0.175. The average Bonchev–Trinajstić information content (AvgIpc) is 2.72. The highest BCUT2D eigenvalue weighted by molar-refractivity contribution is 9.10. The first kappa shape index (κ1) is 16.8. The number of hydrogen-bond acceptors (Lipinski definition) is 4. The van der Waals surface area contributed by atoms with E-state index >= 15 is 0 Å². The number of halogens is 1. The summed E-state index contributed by atoms with van der Waals surface area (Å²) < 4.78 is 7.46. The van der Waals surface area contributed by atoms with Gasteiger partial charge in [0.15, 0.2) is 0 Å². The van der Waals surface area contributed by atoms with Gasteiger partial charge in [-0.15, -0.1) is 0 Å². The van der Waals surface area contributed by atoms with Gasteiger partial charge in [-0.3, -0.25) is 4.68 Å². The van der Waals surface area contributed by atoms with Crippen molar-refractivity contribution in [2.75, 3.05) is 6.54 Å². The number of aliphatic carboxylic acids is 1. The van der Waals surface area contributed by atoms with Crippen molar-refractivity contribution in [3.8, 4) is 0 Å². The average molecular weight is 374 g/mol. The highest BCUT2D eigenvalue weighted by atomic mass is 79.9. The van der Waals surface area contributed by atoms with Crippen LogP contribution in [0.25, 0.3) is 0 Å². The largest absolute Gasteiger partial charge is 0.480 e. The zero-order valence-corrected chi connectivity index (χ0v) is 14.7. The van der Waals surface area contributed by atoms with E-state index in [0.717, 1.165) is 11.3 Å². The molecule has 2 rings (SSSR count). The van der Waals surface area contributed by atoms with Crippen LogP contribution in [-0.2, 0) is 22.5 Å². The summed E-state index contributed by atoms with van der Waals surface area (Å²) in [4.78, 5) is 24.9. The highest BCUT2D eigenvalue weighted by Gasteiger charge is 2.31. The van der Waals surface area contributed by atoms with E-state index in [1.54, 1.807) is 11.8 Å². The van der Waals surface area contributed by atoms with E-state index < -0.39 is 17.6 Å². The summed E-state index contributed by atoms with van der Waals surface area (Å²) in [6, 6.07) is -0.742. The molecule has 7 nitrogen and oxygen atoms in total. The predicted octanol–water partition coefficient (Wildman–Crippen LogP) is 2.58. The van der Waals surface area contributed by atoms with E-state index in [2.05, 4.69) is 21.0 Å². The van der Waals surface area contributed by atoms with Crippen LogP contribution in [0.1, 0.15) is 45.0 Å². The first-order chi connectivity index (χ1) is 10.1. The number of nitrogens with zero attached hydrogens (tertiary/aromatic N) is 3. The summed E-state index contributed by atoms with van der Waals surface area (Å²) in [5.41, 5.74) is 1.14. The SMILES string of the molecule is CC(C(=O)O)n1nc(Br)c2c1CCN(C(=O)OC(C)(C)C)C2. The van der Waals surface area contributed by atoms with Crippen molar-refractivity contribution in [2.24, 2.45) is 0 Å². The number of carboxylic acid groups (broad SMARTS) is 1. The molecule has 0 bridgehead atoms. The Morgan fingerprint density at radius 1 is 1.41 bits per heavy atom. The first-order valence-corrected chi connectivity index (χ1v) is 7.86. The van der Waals surface area contributed by atoms with Crippen LogP contribution >= 0.6 is 15.9 Å². The van der Waals surface area contributed by atoms with Gasteiger partial charge in [-0.25, -0.2) is 9.59 Å². The molecule has 1 aromatic rings. The Bertz CT molecular complexity index is 606. The quantitative estimate of drug-likeness (QED) is 0.860. The van der Waals surface area contributed by atoms with Crippen LogP contribution < -0.4 is 0 Å². The van der Waals surface area contributed by atoms with Gasteiger partial charge in [0.25, 0.3) is 0 Å². The van der Waals surface area contributed by atoms with Crippen molar-refractivity contribution in [3.63, 3.8) is 0 Å². The Labute approximate surface area is 137 Å². The van der Waals surface area contributed by atoms with Gasteiger partial charge in [-0.05, 0) is 43.6 Å². The molecular weight excluding hydrogens is 354 g/mol. The van der Waals surface area contributed by atoms with Crippen LogP contribution in [0.3, 0.4) is 0 Å². The van der Waals surface area contributed by atoms with E-state index in [1.807, 2.05) is 20.8 Å². The number of carboxylic acids is 1. The molecule has 0 spiro atoms. The fourth-order valence-corrected chi connectivity index (χ4v) is 2.84. The maximum atomic E-state index is 12.2. The monoisotopic (exact) mass is 373 g/mol. The summed E-state index contributed by atoms with van der Waals surface area (Å²) in [7, 11) is 0. The molecule has 1 unspecified atom stereocenters. The lowest BCUT2D eigenvalue weighted by atomic mass is 10.1. The number of fused-ring (bicyclic) bond motifs is 1. The molecule has 8 heteroatoms. The third-order valence-electron chi connectivity index (χ3n) is 3.41. The smallest absolute Gasteiger partial charge is 0.410 e. The van der Waals surface area contributed by atoms with Gasteiger partial charge < -0.3 is 14.7 Å². The zero-order valence-electron chi connectivity index (χ0n) is 13.1. The Hall–Kier alpha value is -1.57. The molecular formula is C14H20BrN3O4. The van der Waals surface area contributed by atoms with E-state index in [1.165, 1.54) is 4.68 Å². The number of hydrogen-bond donors (Lipinski definition) is 1. The van der Waals surface area contributed by atoms with Gasteiger partial charge in [0.1, 0.15) is 16.2 Å². The molecule has 122 valence electrons. The van der Waals surface area contributed by atoms with Gasteiger partial charge in [0.05, 0.1) is 6.54 Å². The zero-order chi connectivity index (χ0) is 16.7. The number of rotatable bonds is 2. The number of carbonyl (C=O) groups excluding carboxylic acids is 1. The Morgan fingerprint density at radius 2 is 2.05 bits per heavy atom. The van der Waals surface area contributed by atoms with Gasteiger partial charge in [-0.2, -0.15) is 5.10 Å². The van der Waals surface area contributed by atoms with Crippen LogP contribution in [0.15, 0.2) is 4.60 Å². The topological polar surface area (TPSA) is 84.7 Å². The second kappa shape index (κ2) is 5.91. The minimum Gasteiger partial charge on any atom is -0.480 e. The fourth-order valence-electron chi connectivity index (χ4n) is 2.31. The van der Waals surface area contributed by atoms with Gasteiger partial charge in [0.2, 0.25) is 0 Å². The second-order valence-corrected chi connectivity index (χ2v) is 7.08. The minimum absolute atomic E-state index is 0.358. The standard InChI is InChI=1S/C14H20BrN3O4/c1-8(12(19)20)18-10-5-6-17(7-9(10)11(15)16-18)13(21)22-14(2,3)4/h8H,5-7H2,1-4H3,(H,19,20). The highest BCUT2D eigenvalue weighted by Crippen LogP contribution is 2.29. The third-order valence-corrected chi connectivity index (χ3v) is 4.05. The summed E-state index contributed by atoms with van der Waals surface area (Å²) in [5.74, 6) is -0.938. The molecule has 0 fully saturated rings. The molecule has 22 heavy (non-hydrogen) atoms. The predicted molar refractivity (Wildman–Crippen MR) is 82.6 cm³/mol. The Kier molecular flexibility index (Phi) is 4.51. The molecule has 0 aliphatic carbocycles. The molecule has 2 heterocycles. The molecule has 1 aliphatic heterocycles. The summed E-state index contributed by atoms with van der Waals surface area (Å²) in [5, 5.41) is 13.4. The Morgan fingerprint density at radius 3 is 2.59 bits per heavy atom. The van der Waals surface area contributed by atoms with Crippen molar-refractivity contribution in [1.29, 1.82) is 0 Å².